The molecule has 1 aromatic carbocycles. The summed E-state index contributed by atoms with van der Waals surface area (Å²) in [6, 6.07) is 4.60. The average molecular weight is 350 g/mol. The molecule has 3 N–H and O–H groups in total. The summed E-state index contributed by atoms with van der Waals surface area (Å²) in [5.41, 5.74) is 6.05. The van der Waals surface area contributed by atoms with Crippen LogP contribution in [0.5, 0.6) is 0 Å². The molecule has 0 bridgehead atoms. The van der Waals surface area contributed by atoms with Gasteiger partial charge >= 0.3 is 0 Å². The zero-order chi connectivity index (χ0) is 14.6. The Hall–Kier alpha value is -0.630. The molecule has 0 radical (unpaired) electrons. The summed E-state index contributed by atoms with van der Waals surface area (Å²) >= 11 is 3.24. The summed E-state index contributed by atoms with van der Waals surface area (Å²) < 4.78 is 27.7. The van der Waals surface area contributed by atoms with E-state index in [1.165, 1.54) is 6.07 Å². The van der Waals surface area contributed by atoms with E-state index >= 15 is 0 Å². The number of nitrogen functional groups attached to an aromatic ring is 1. The van der Waals surface area contributed by atoms with Gasteiger partial charge in [-0.1, -0.05) is 0 Å². The number of nitrogens with two attached hydrogens (primary N) is 1. The van der Waals surface area contributed by atoms with Crippen LogP contribution in [0, 0.1) is 0 Å². The fourth-order valence-electron chi connectivity index (χ4n) is 1.57. The fraction of sp³-hybridized carbons (Fsp3) is 0.500. The third-order valence-electron chi connectivity index (χ3n) is 2.61. The van der Waals surface area contributed by atoms with Gasteiger partial charge in [0.25, 0.3) is 0 Å². The molecule has 0 amide bonds. The topological polar surface area (TPSA) is 75.4 Å². The lowest BCUT2D eigenvalue weighted by molar-refractivity contribution is 0.379. The molecule has 1 unspecified atom stereocenters. The second-order valence-corrected chi connectivity index (χ2v) is 7.34. The van der Waals surface area contributed by atoms with E-state index in [0.29, 0.717) is 10.2 Å². The van der Waals surface area contributed by atoms with Crippen LogP contribution < -0.4 is 10.5 Å². The molecule has 0 heterocycles. The summed E-state index contributed by atoms with van der Waals surface area (Å²) in [4.78, 5) is 2.19. The summed E-state index contributed by atoms with van der Waals surface area (Å²) in [5.74, 6) is 0. The maximum Gasteiger partial charge on any atom is 0.242 e. The van der Waals surface area contributed by atoms with Crippen molar-refractivity contribution >= 4 is 31.6 Å². The van der Waals surface area contributed by atoms with E-state index in [1.807, 2.05) is 25.9 Å². The van der Waals surface area contributed by atoms with E-state index in [1.54, 1.807) is 12.1 Å². The number of hydrogen-bond acceptors (Lipinski definition) is 4. The predicted octanol–water partition coefficient (Wildman–Crippen LogP) is 1.65. The largest absolute Gasteiger partial charge is 0.399 e. The third-order valence-corrected chi connectivity index (χ3v) is 5.19. The summed E-state index contributed by atoms with van der Waals surface area (Å²) in [6.45, 7) is 2.67. The summed E-state index contributed by atoms with van der Waals surface area (Å²) in [5, 5.41) is 0. The van der Waals surface area contributed by atoms with Gasteiger partial charge < -0.3 is 10.6 Å². The van der Waals surface area contributed by atoms with Crippen LogP contribution >= 0.6 is 15.9 Å². The van der Waals surface area contributed by atoms with Crippen LogP contribution in [0.2, 0.25) is 0 Å². The molecule has 0 aliphatic carbocycles. The molecule has 0 spiro atoms. The molecular formula is C12H20BrN3O2S. The van der Waals surface area contributed by atoms with Gasteiger partial charge in [-0.3, -0.25) is 0 Å². The van der Waals surface area contributed by atoms with Gasteiger partial charge in [0, 0.05) is 16.2 Å². The maximum atomic E-state index is 12.3. The first kappa shape index (κ1) is 16.4. The molecule has 108 valence electrons. The minimum Gasteiger partial charge on any atom is -0.399 e. The van der Waals surface area contributed by atoms with Crippen molar-refractivity contribution in [1.29, 1.82) is 0 Å². The maximum absolute atomic E-state index is 12.3. The van der Waals surface area contributed by atoms with E-state index in [2.05, 4.69) is 20.7 Å². The molecule has 0 saturated heterocycles. The highest BCUT2D eigenvalue weighted by atomic mass is 79.9. The Morgan fingerprint density at radius 1 is 1.42 bits per heavy atom. The van der Waals surface area contributed by atoms with Gasteiger partial charge in [0.1, 0.15) is 0 Å². The van der Waals surface area contributed by atoms with Crippen LogP contribution in [0.1, 0.15) is 13.3 Å². The van der Waals surface area contributed by atoms with E-state index in [0.717, 1.165) is 13.0 Å². The molecule has 1 atom stereocenters. The Labute approximate surface area is 123 Å². The van der Waals surface area contributed by atoms with Crippen molar-refractivity contribution in [3.05, 3.63) is 22.7 Å². The fourth-order valence-corrected chi connectivity index (χ4v) is 3.84. The van der Waals surface area contributed by atoms with Gasteiger partial charge in [-0.25, -0.2) is 13.1 Å². The Morgan fingerprint density at radius 2 is 2.05 bits per heavy atom. The highest BCUT2D eigenvalue weighted by molar-refractivity contribution is 9.10. The van der Waals surface area contributed by atoms with Crippen LogP contribution in [0.4, 0.5) is 5.69 Å². The first-order valence-electron chi connectivity index (χ1n) is 5.94. The smallest absolute Gasteiger partial charge is 0.242 e. The SMILES string of the molecule is CC(CCN(C)C)NS(=O)(=O)c1cc(N)ccc1Br. The molecule has 7 heteroatoms. The van der Waals surface area contributed by atoms with Gasteiger partial charge in [-0.05, 0) is 68.1 Å². The van der Waals surface area contributed by atoms with Crippen molar-refractivity contribution in [3.8, 4) is 0 Å². The summed E-state index contributed by atoms with van der Waals surface area (Å²) in [7, 11) is 0.352. The molecule has 19 heavy (non-hydrogen) atoms. The second-order valence-electron chi connectivity index (χ2n) is 4.80. The van der Waals surface area contributed by atoms with Gasteiger partial charge in [0.15, 0.2) is 0 Å². The lowest BCUT2D eigenvalue weighted by Crippen LogP contribution is -2.35. The van der Waals surface area contributed by atoms with Gasteiger partial charge in [0.2, 0.25) is 10.0 Å². The average Bonchev–Trinajstić information content (AvgIpc) is 2.29. The van der Waals surface area contributed by atoms with Gasteiger partial charge in [-0.15, -0.1) is 0 Å². The standard InChI is InChI=1S/C12H20BrN3O2S/c1-9(6-7-16(2)3)15-19(17,18)12-8-10(14)4-5-11(12)13/h4-5,8-9,15H,6-7,14H2,1-3H3. The molecule has 0 aliphatic heterocycles. The van der Waals surface area contributed by atoms with Crippen molar-refractivity contribution in [2.75, 3.05) is 26.4 Å². The van der Waals surface area contributed by atoms with Crippen LogP contribution in [-0.4, -0.2) is 40.0 Å². The number of hydrogen-bond donors (Lipinski definition) is 2. The third kappa shape index (κ3) is 5.10. The van der Waals surface area contributed by atoms with Crippen molar-refractivity contribution < 1.29 is 8.42 Å². The number of nitrogens with one attached hydrogen (secondary N) is 1. The van der Waals surface area contributed by atoms with Crippen LogP contribution in [0.3, 0.4) is 0 Å². The molecule has 0 aliphatic rings. The van der Waals surface area contributed by atoms with Gasteiger partial charge in [-0.2, -0.15) is 0 Å². The highest BCUT2D eigenvalue weighted by Crippen LogP contribution is 2.24. The Bertz CT molecular complexity index is 532. The zero-order valence-corrected chi connectivity index (χ0v) is 13.8. The molecule has 0 aromatic heterocycles. The normalized spacial score (nSPS) is 13.7. The first-order valence-corrected chi connectivity index (χ1v) is 8.22. The molecule has 0 fully saturated rings. The second kappa shape index (κ2) is 6.69. The van der Waals surface area contributed by atoms with E-state index < -0.39 is 10.0 Å². The van der Waals surface area contributed by atoms with Crippen molar-refractivity contribution in [2.45, 2.75) is 24.3 Å². The highest BCUT2D eigenvalue weighted by Gasteiger charge is 2.20. The lowest BCUT2D eigenvalue weighted by atomic mass is 10.2. The molecular weight excluding hydrogens is 330 g/mol. The number of rotatable bonds is 6. The Kier molecular flexibility index (Phi) is 5.79. The van der Waals surface area contributed by atoms with E-state index in [9.17, 15) is 8.42 Å². The number of benzene rings is 1. The van der Waals surface area contributed by atoms with Crippen molar-refractivity contribution in [1.82, 2.24) is 9.62 Å². The van der Waals surface area contributed by atoms with Gasteiger partial charge in [0.05, 0.1) is 4.90 Å². The Balaban J connectivity index is 2.83. The number of nitrogens with zero attached hydrogens (tertiary/aromatic N) is 1. The quantitative estimate of drug-likeness (QED) is 0.765. The summed E-state index contributed by atoms with van der Waals surface area (Å²) in [6.07, 6.45) is 0.742. The van der Waals surface area contributed by atoms with Crippen LogP contribution in [0.15, 0.2) is 27.6 Å². The Morgan fingerprint density at radius 3 is 2.63 bits per heavy atom. The predicted molar refractivity (Wildman–Crippen MR) is 81.5 cm³/mol. The van der Waals surface area contributed by atoms with Crippen LogP contribution in [-0.2, 0) is 10.0 Å². The first-order chi connectivity index (χ1) is 8.72. The molecule has 5 nitrogen and oxygen atoms in total. The minimum absolute atomic E-state index is 0.138. The van der Waals surface area contributed by atoms with Crippen LogP contribution in [0.25, 0.3) is 0 Å². The number of sulfonamides is 1. The molecule has 1 rings (SSSR count). The van der Waals surface area contributed by atoms with Crippen molar-refractivity contribution in [3.63, 3.8) is 0 Å². The van der Waals surface area contributed by atoms with Crippen molar-refractivity contribution in [2.24, 2.45) is 0 Å². The molecule has 1 aromatic rings. The number of anilines is 1. The van der Waals surface area contributed by atoms with E-state index in [-0.39, 0.29) is 10.9 Å². The monoisotopic (exact) mass is 349 g/mol. The zero-order valence-electron chi connectivity index (χ0n) is 11.4. The lowest BCUT2D eigenvalue weighted by Gasteiger charge is -2.17. The molecule has 0 saturated carbocycles. The van der Waals surface area contributed by atoms with E-state index in [4.69, 9.17) is 5.73 Å². The number of halogens is 1. The minimum atomic E-state index is -3.56.